The summed E-state index contributed by atoms with van der Waals surface area (Å²) in [7, 11) is 2.04. The molecule has 0 bridgehead atoms. The predicted octanol–water partition coefficient (Wildman–Crippen LogP) is 4.54. The Balaban J connectivity index is 1.69. The molecule has 1 saturated heterocycles. The molecule has 0 unspecified atom stereocenters. The largest absolute Gasteiger partial charge is 0.375 e. The van der Waals surface area contributed by atoms with Crippen LogP contribution in [-0.4, -0.2) is 37.6 Å². The summed E-state index contributed by atoms with van der Waals surface area (Å²) < 4.78 is 0. The van der Waals surface area contributed by atoms with Crippen LogP contribution in [0.15, 0.2) is 54.6 Å². The average molecular weight is 374 g/mol. The van der Waals surface area contributed by atoms with Crippen LogP contribution in [0.5, 0.6) is 0 Å². The minimum absolute atomic E-state index is 0.114. The Labute approximate surface area is 166 Å². The van der Waals surface area contributed by atoms with Gasteiger partial charge in [-0.1, -0.05) is 24.3 Å². The monoisotopic (exact) mass is 374 g/mol. The van der Waals surface area contributed by atoms with Crippen LogP contribution in [-0.2, 0) is 0 Å². The zero-order valence-corrected chi connectivity index (χ0v) is 16.5. The molecule has 0 aliphatic carbocycles. The number of nitrogens with zero attached hydrogens (tertiary/aromatic N) is 3. The predicted molar refractivity (Wildman–Crippen MR) is 117 cm³/mol. The standard InChI is InChI=1S/C23H26N4O/c1-3-26(2)19-11-8-10-18(16-19)24-23(28)20-15-17-9-4-5-12-21(17)25-22(20)27-13-6-7-14-27/h4-5,8-12,15-16H,3,6-7,13-14H2,1-2H3,(H,24,28). The first kappa shape index (κ1) is 18.3. The fraction of sp³-hybridized carbons (Fsp3) is 0.304. The second kappa shape index (κ2) is 7.89. The summed E-state index contributed by atoms with van der Waals surface area (Å²) in [6.07, 6.45) is 2.28. The van der Waals surface area contributed by atoms with Gasteiger partial charge in [0, 0.05) is 43.4 Å². The van der Waals surface area contributed by atoms with Crippen molar-refractivity contribution in [1.82, 2.24) is 4.98 Å². The maximum absolute atomic E-state index is 13.2. The van der Waals surface area contributed by atoms with Crippen molar-refractivity contribution in [2.45, 2.75) is 19.8 Å². The molecule has 0 spiro atoms. The molecule has 5 heteroatoms. The van der Waals surface area contributed by atoms with Gasteiger partial charge in [-0.05, 0) is 50.1 Å². The summed E-state index contributed by atoms with van der Waals surface area (Å²) in [4.78, 5) is 22.4. The van der Waals surface area contributed by atoms with Crippen LogP contribution in [0.25, 0.3) is 10.9 Å². The fourth-order valence-electron chi connectivity index (χ4n) is 3.64. The zero-order valence-electron chi connectivity index (χ0n) is 16.5. The smallest absolute Gasteiger partial charge is 0.259 e. The molecular weight excluding hydrogens is 348 g/mol. The Hall–Kier alpha value is -3.08. The SMILES string of the molecule is CCN(C)c1cccc(NC(=O)c2cc3ccccc3nc2N2CCCC2)c1. The Bertz CT molecular complexity index is 995. The van der Waals surface area contributed by atoms with Crippen LogP contribution in [0, 0.1) is 0 Å². The number of anilines is 3. The number of benzene rings is 2. The first-order valence-electron chi connectivity index (χ1n) is 9.93. The summed E-state index contributed by atoms with van der Waals surface area (Å²) in [5.74, 6) is 0.673. The van der Waals surface area contributed by atoms with Gasteiger partial charge in [0.05, 0.1) is 11.1 Å². The molecule has 1 N–H and O–H groups in total. The van der Waals surface area contributed by atoms with Crippen LogP contribution in [0.3, 0.4) is 0 Å². The van der Waals surface area contributed by atoms with Crippen LogP contribution in [0.1, 0.15) is 30.1 Å². The highest BCUT2D eigenvalue weighted by Gasteiger charge is 2.22. The van der Waals surface area contributed by atoms with E-state index in [1.54, 1.807) is 0 Å². The van der Waals surface area contributed by atoms with Crippen LogP contribution in [0.4, 0.5) is 17.2 Å². The molecule has 1 aliphatic heterocycles. The third-order valence-corrected chi connectivity index (χ3v) is 5.37. The average Bonchev–Trinajstić information content (AvgIpc) is 3.27. The van der Waals surface area contributed by atoms with Crippen molar-refractivity contribution in [1.29, 1.82) is 0 Å². The lowest BCUT2D eigenvalue weighted by molar-refractivity contribution is 0.102. The van der Waals surface area contributed by atoms with Gasteiger partial charge in [0.2, 0.25) is 0 Å². The van der Waals surface area contributed by atoms with Gasteiger partial charge >= 0.3 is 0 Å². The highest BCUT2D eigenvalue weighted by Crippen LogP contribution is 2.28. The first-order valence-corrected chi connectivity index (χ1v) is 9.93. The lowest BCUT2D eigenvalue weighted by atomic mass is 10.1. The molecule has 4 rings (SSSR count). The second-order valence-corrected chi connectivity index (χ2v) is 7.27. The van der Waals surface area contributed by atoms with E-state index in [1.165, 1.54) is 0 Å². The Morgan fingerprint density at radius 2 is 1.89 bits per heavy atom. The van der Waals surface area contributed by atoms with Gasteiger partial charge < -0.3 is 15.1 Å². The van der Waals surface area contributed by atoms with E-state index in [1.807, 2.05) is 61.6 Å². The van der Waals surface area contributed by atoms with Crippen LogP contribution < -0.4 is 15.1 Å². The second-order valence-electron chi connectivity index (χ2n) is 7.27. The van der Waals surface area contributed by atoms with E-state index in [-0.39, 0.29) is 5.91 Å². The number of hydrogen-bond donors (Lipinski definition) is 1. The quantitative estimate of drug-likeness (QED) is 0.712. The molecule has 0 atom stereocenters. The highest BCUT2D eigenvalue weighted by atomic mass is 16.1. The van der Waals surface area contributed by atoms with Crippen molar-refractivity contribution < 1.29 is 4.79 Å². The van der Waals surface area contributed by atoms with Crippen molar-refractivity contribution in [2.75, 3.05) is 41.8 Å². The zero-order chi connectivity index (χ0) is 19.5. The number of amides is 1. The van der Waals surface area contributed by atoms with Gasteiger partial charge in [-0.3, -0.25) is 4.79 Å². The van der Waals surface area contributed by atoms with Crippen molar-refractivity contribution >= 4 is 34.0 Å². The number of carbonyl (C=O) groups excluding carboxylic acids is 1. The number of aromatic nitrogens is 1. The van der Waals surface area contributed by atoms with Crippen molar-refractivity contribution in [3.05, 3.63) is 60.2 Å². The third-order valence-electron chi connectivity index (χ3n) is 5.37. The maximum atomic E-state index is 13.2. The Morgan fingerprint density at radius 1 is 1.11 bits per heavy atom. The van der Waals surface area contributed by atoms with Crippen molar-refractivity contribution in [3.63, 3.8) is 0 Å². The fourth-order valence-corrected chi connectivity index (χ4v) is 3.64. The van der Waals surface area contributed by atoms with E-state index in [2.05, 4.69) is 22.0 Å². The molecule has 0 radical (unpaired) electrons. The summed E-state index contributed by atoms with van der Waals surface area (Å²) in [6.45, 7) is 4.91. The first-order chi connectivity index (χ1) is 13.7. The molecule has 144 valence electrons. The summed E-state index contributed by atoms with van der Waals surface area (Å²) in [5.41, 5.74) is 3.43. The van der Waals surface area contributed by atoms with Gasteiger partial charge in [0.25, 0.3) is 5.91 Å². The molecule has 3 aromatic rings. The van der Waals surface area contributed by atoms with E-state index in [0.29, 0.717) is 5.56 Å². The molecule has 1 aromatic heterocycles. The van der Waals surface area contributed by atoms with Gasteiger partial charge in [-0.25, -0.2) is 4.98 Å². The highest BCUT2D eigenvalue weighted by molar-refractivity contribution is 6.09. The van der Waals surface area contributed by atoms with Crippen LogP contribution in [0.2, 0.25) is 0 Å². The minimum atomic E-state index is -0.114. The van der Waals surface area contributed by atoms with Gasteiger partial charge in [-0.2, -0.15) is 0 Å². The van der Waals surface area contributed by atoms with E-state index in [0.717, 1.165) is 60.6 Å². The van der Waals surface area contributed by atoms with Gasteiger partial charge in [0.1, 0.15) is 5.82 Å². The normalized spacial score (nSPS) is 13.7. The molecular formula is C23H26N4O. The number of nitrogens with one attached hydrogen (secondary N) is 1. The lowest BCUT2D eigenvalue weighted by Crippen LogP contribution is -2.24. The molecule has 2 heterocycles. The lowest BCUT2D eigenvalue weighted by Gasteiger charge is -2.21. The van der Waals surface area contributed by atoms with E-state index >= 15 is 0 Å². The maximum Gasteiger partial charge on any atom is 0.259 e. The molecule has 2 aromatic carbocycles. The minimum Gasteiger partial charge on any atom is -0.375 e. The number of para-hydroxylation sites is 1. The number of rotatable bonds is 5. The number of fused-ring (bicyclic) bond motifs is 1. The molecule has 1 fully saturated rings. The molecule has 1 aliphatic rings. The summed E-state index contributed by atoms with van der Waals surface area (Å²) in [6, 6.07) is 17.9. The van der Waals surface area contributed by atoms with Gasteiger partial charge in [0.15, 0.2) is 0 Å². The molecule has 1 amide bonds. The topological polar surface area (TPSA) is 48.5 Å². The molecule has 0 saturated carbocycles. The Morgan fingerprint density at radius 3 is 2.68 bits per heavy atom. The molecule has 28 heavy (non-hydrogen) atoms. The van der Waals surface area contributed by atoms with Gasteiger partial charge in [-0.15, -0.1) is 0 Å². The van der Waals surface area contributed by atoms with Crippen LogP contribution >= 0.6 is 0 Å². The third kappa shape index (κ3) is 3.65. The molecule has 5 nitrogen and oxygen atoms in total. The Kier molecular flexibility index (Phi) is 5.15. The summed E-state index contributed by atoms with van der Waals surface area (Å²) >= 11 is 0. The summed E-state index contributed by atoms with van der Waals surface area (Å²) in [5, 5.41) is 4.06. The number of pyridine rings is 1. The number of carbonyl (C=O) groups is 1. The van der Waals surface area contributed by atoms with E-state index in [9.17, 15) is 4.79 Å². The van der Waals surface area contributed by atoms with E-state index < -0.39 is 0 Å². The van der Waals surface area contributed by atoms with Crippen molar-refractivity contribution in [2.24, 2.45) is 0 Å². The van der Waals surface area contributed by atoms with Crippen molar-refractivity contribution in [3.8, 4) is 0 Å². The number of hydrogen-bond acceptors (Lipinski definition) is 4. The van der Waals surface area contributed by atoms with E-state index in [4.69, 9.17) is 4.98 Å².